The first-order valence-electron chi connectivity index (χ1n) is 5.49. The molecule has 2 heteroatoms. The van der Waals surface area contributed by atoms with Gasteiger partial charge in [0.2, 0.25) is 0 Å². The smallest absolute Gasteiger partial charge is 0.0461 e. The van der Waals surface area contributed by atoms with E-state index < -0.39 is 0 Å². The molecule has 3 saturated carbocycles. The molecule has 0 radical (unpaired) electrons. The molecule has 0 nitrogen and oxygen atoms in total. The summed E-state index contributed by atoms with van der Waals surface area (Å²) in [6.07, 6.45) is 9.28. The molecule has 0 aromatic heterocycles. The van der Waals surface area contributed by atoms with Crippen LogP contribution in [0.2, 0.25) is 0 Å². The van der Waals surface area contributed by atoms with Crippen molar-refractivity contribution in [3.63, 3.8) is 0 Å². The van der Waals surface area contributed by atoms with E-state index in [4.69, 9.17) is 23.2 Å². The molecule has 3 rings (SSSR count). The third kappa shape index (κ3) is 0.899. The fraction of sp³-hybridized carbons (Fsp3) is 1.00. The van der Waals surface area contributed by atoms with Crippen LogP contribution >= 0.6 is 23.2 Å². The second-order valence-electron chi connectivity index (χ2n) is 5.24. The number of hydrogen-bond acceptors (Lipinski definition) is 0. The first kappa shape index (κ1) is 8.85. The second-order valence-corrected chi connectivity index (χ2v) is 6.29. The van der Waals surface area contributed by atoms with Crippen molar-refractivity contribution < 1.29 is 0 Å². The van der Waals surface area contributed by atoms with Crippen molar-refractivity contribution in [2.75, 3.05) is 0 Å². The highest BCUT2D eigenvalue weighted by molar-refractivity contribution is 6.26. The lowest BCUT2D eigenvalue weighted by atomic mass is 9.92. The van der Waals surface area contributed by atoms with Crippen LogP contribution < -0.4 is 0 Å². The summed E-state index contributed by atoms with van der Waals surface area (Å²) in [6.45, 7) is 0. The SMILES string of the molecule is ClC1C[C@]23CCCCC[C@@]2(C1)C3Cl. The molecule has 3 aliphatic carbocycles. The standard InChI is InChI=1S/C11H16Cl2/c12-8-6-10-4-2-1-3-5-11(10,7-8)9(10)13/h8-9H,1-7H2/t8?,9?,10-,11+. The molecule has 0 N–H and O–H groups in total. The van der Waals surface area contributed by atoms with Crippen LogP contribution in [0.5, 0.6) is 0 Å². The average Bonchev–Trinajstić information content (AvgIpc) is 2.45. The lowest BCUT2D eigenvalue weighted by Crippen LogP contribution is -2.08. The fourth-order valence-electron chi connectivity index (χ4n) is 4.17. The predicted molar refractivity (Wildman–Crippen MR) is 56.5 cm³/mol. The van der Waals surface area contributed by atoms with E-state index in [1.807, 2.05) is 0 Å². The van der Waals surface area contributed by atoms with Crippen LogP contribution in [0.4, 0.5) is 0 Å². The van der Waals surface area contributed by atoms with Gasteiger partial charge in [0, 0.05) is 10.8 Å². The summed E-state index contributed by atoms with van der Waals surface area (Å²) < 4.78 is 0. The van der Waals surface area contributed by atoms with E-state index in [-0.39, 0.29) is 0 Å². The lowest BCUT2D eigenvalue weighted by molar-refractivity contribution is 0.367. The van der Waals surface area contributed by atoms with Gasteiger partial charge in [0.25, 0.3) is 0 Å². The van der Waals surface area contributed by atoms with Crippen LogP contribution in [0.25, 0.3) is 0 Å². The van der Waals surface area contributed by atoms with Crippen molar-refractivity contribution in [1.29, 1.82) is 0 Å². The second kappa shape index (κ2) is 2.58. The fourth-order valence-corrected chi connectivity index (χ4v) is 5.49. The molecule has 0 amide bonds. The third-order valence-corrected chi connectivity index (χ3v) is 5.94. The zero-order valence-electron chi connectivity index (χ0n) is 7.86. The Labute approximate surface area is 90.0 Å². The number of hydrogen-bond donors (Lipinski definition) is 0. The van der Waals surface area contributed by atoms with Crippen LogP contribution in [0.15, 0.2) is 0 Å². The molecule has 0 aromatic rings. The van der Waals surface area contributed by atoms with Crippen molar-refractivity contribution >= 4 is 23.2 Å². The normalized spacial score (nSPS) is 59.5. The van der Waals surface area contributed by atoms with Crippen LogP contribution in [-0.2, 0) is 0 Å². The number of rotatable bonds is 0. The minimum absolute atomic E-state index is 0.424. The van der Waals surface area contributed by atoms with E-state index in [0.29, 0.717) is 21.6 Å². The topological polar surface area (TPSA) is 0 Å². The van der Waals surface area contributed by atoms with Crippen LogP contribution in [0.3, 0.4) is 0 Å². The summed E-state index contributed by atoms with van der Waals surface area (Å²) in [5.41, 5.74) is 0.967. The first-order valence-corrected chi connectivity index (χ1v) is 6.37. The van der Waals surface area contributed by atoms with E-state index in [2.05, 4.69) is 0 Å². The first-order chi connectivity index (χ1) is 6.21. The Morgan fingerprint density at radius 1 is 0.846 bits per heavy atom. The zero-order chi connectivity index (χ0) is 9.10. The van der Waals surface area contributed by atoms with Gasteiger partial charge < -0.3 is 0 Å². The quantitative estimate of drug-likeness (QED) is 0.541. The van der Waals surface area contributed by atoms with E-state index >= 15 is 0 Å². The van der Waals surface area contributed by atoms with Gasteiger partial charge >= 0.3 is 0 Å². The molecule has 0 saturated heterocycles. The zero-order valence-corrected chi connectivity index (χ0v) is 9.37. The number of alkyl halides is 2. The maximum atomic E-state index is 6.49. The Hall–Kier alpha value is 0.580. The molecule has 3 aliphatic rings. The Balaban J connectivity index is 1.93. The van der Waals surface area contributed by atoms with E-state index in [0.717, 1.165) is 0 Å². The molecule has 13 heavy (non-hydrogen) atoms. The maximum absolute atomic E-state index is 6.49. The van der Waals surface area contributed by atoms with Crippen molar-refractivity contribution in [3.8, 4) is 0 Å². The van der Waals surface area contributed by atoms with Gasteiger partial charge in [-0.1, -0.05) is 19.3 Å². The van der Waals surface area contributed by atoms with Crippen LogP contribution in [0, 0.1) is 10.8 Å². The highest BCUT2D eigenvalue weighted by atomic mass is 35.5. The molecule has 2 unspecified atom stereocenters. The summed E-state index contributed by atoms with van der Waals surface area (Å²) in [6, 6.07) is 0. The van der Waals surface area contributed by atoms with Gasteiger partial charge in [0.05, 0.1) is 0 Å². The summed E-state index contributed by atoms with van der Waals surface area (Å²) >= 11 is 12.7. The Morgan fingerprint density at radius 2 is 1.38 bits per heavy atom. The van der Waals surface area contributed by atoms with Gasteiger partial charge in [-0.3, -0.25) is 0 Å². The van der Waals surface area contributed by atoms with Gasteiger partial charge in [-0.25, -0.2) is 0 Å². The van der Waals surface area contributed by atoms with E-state index in [1.54, 1.807) is 0 Å². The third-order valence-electron chi connectivity index (χ3n) is 4.80. The van der Waals surface area contributed by atoms with Crippen molar-refractivity contribution in [2.24, 2.45) is 10.8 Å². The molecular formula is C11H16Cl2. The lowest BCUT2D eigenvalue weighted by Gasteiger charge is -2.13. The summed E-state index contributed by atoms with van der Waals surface area (Å²) in [5.74, 6) is 0. The molecule has 0 aliphatic heterocycles. The van der Waals surface area contributed by atoms with Crippen molar-refractivity contribution in [3.05, 3.63) is 0 Å². The molecule has 0 aromatic carbocycles. The minimum atomic E-state index is 0.424. The molecule has 0 heterocycles. The summed E-state index contributed by atoms with van der Waals surface area (Å²) in [7, 11) is 0. The largest absolute Gasteiger partial charge is 0.123 e. The van der Waals surface area contributed by atoms with Crippen LogP contribution in [-0.4, -0.2) is 10.8 Å². The van der Waals surface area contributed by atoms with Gasteiger partial charge in [0.15, 0.2) is 0 Å². The van der Waals surface area contributed by atoms with Gasteiger partial charge in [0.1, 0.15) is 0 Å². The van der Waals surface area contributed by atoms with Gasteiger partial charge in [-0.05, 0) is 36.5 Å². The predicted octanol–water partition coefficient (Wildman–Crippen LogP) is 3.95. The highest BCUT2D eigenvalue weighted by Gasteiger charge is 2.78. The van der Waals surface area contributed by atoms with E-state index in [9.17, 15) is 0 Å². The summed E-state index contributed by atoms with van der Waals surface area (Å²) in [4.78, 5) is 0. The maximum Gasteiger partial charge on any atom is 0.0461 e. The molecule has 0 bridgehead atoms. The molecular weight excluding hydrogens is 203 g/mol. The average molecular weight is 219 g/mol. The Kier molecular flexibility index (Phi) is 1.76. The molecule has 4 atom stereocenters. The summed E-state index contributed by atoms with van der Waals surface area (Å²) in [5, 5.41) is 0.892. The van der Waals surface area contributed by atoms with Crippen molar-refractivity contribution in [2.45, 2.75) is 55.7 Å². The van der Waals surface area contributed by atoms with Gasteiger partial charge in [-0.2, -0.15) is 0 Å². The molecule has 3 fully saturated rings. The monoisotopic (exact) mass is 218 g/mol. The molecule has 0 spiro atoms. The van der Waals surface area contributed by atoms with Crippen LogP contribution in [0.1, 0.15) is 44.9 Å². The Bertz CT molecular complexity index is 218. The number of halogens is 2. The van der Waals surface area contributed by atoms with Crippen molar-refractivity contribution in [1.82, 2.24) is 0 Å². The minimum Gasteiger partial charge on any atom is -0.123 e. The molecule has 74 valence electrons. The van der Waals surface area contributed by atoms with Gasteiger partial charge in [-0.15, -0.1) is 23.2 Å². The Morgan fingerprint density at radius 3 is 1.92 bits per heavy atom. The van der Waals surface area contributed by atoms with E-state index in [1.165, 1.54) is 44.9 Å². The highest BCUT2D eigenvalue weighted by Crippen LogP contribution is 2.80.